The zero-order valence-corrected chi connectivity index (χ0v) is 8.69. The maximum atomic E-state index is 7.22. The molecule has 1 rings (SSSR count). The van der Waals surface area contributed by atoms with Crippen LogP contribution in [0.2, 0.25) is 0 Å². The highest BCUT2D eigenvalue weighted by atomic mass is 79.9. The van der Waals surface area contributed by atoms with E-state index < -0.39 is 0 Å². The summed E-state index contributed by atoms with van der Waals surface area (Å²) in [6.45, 7) is 2.96. The number of nitrogens with one attached hydrogen (secondary N) is 2. The van der Waals surface area contributed by atoms with E-state index in [1.54, 1.807) is 0 Å². The second kappa shape index (κ2) is 4.45. The van der Waals surface area contributed by atoms with Crippen molar-refractivity contribution in [1.29, 1.82) is 5.41 Å². The Morgan fingerprint density at radius 2 is 2.58 bits per heavy atom. The Kier molecular flexibility index (Phi) is 3.53. The molecule has 0 aromatic heterocycles. The number of allylic oxidation sites excluding steroid dienone is 3. The lowest BCUT2D eigenvalue weighted by Gasteiger charge is -2.16. The molecule has 1 unspecified atom stereocenters. The van der Waals surface area contributed by atoms with Crippen molar-refractivity contribution in [3.63, 3.8) is 0 Å². The molecule has 1 atom stereocenters. The molecule has 1 aliphatic carbocycles. The molecule has 2 N–H and O–H groups in total. The van der Waals surface area contributed by atoms with Gasteiger partial charge in [0.05, 0.1) is 0 Å². The third-order valence-corrected chi connectivity index (χ3v) is 2.40. The SMILES string of the molecule is CCNC1=C(C=N)CC(Br)C=C1. The summed E-state index contributed by atoms with van der Waals surface area (Å²) in [5, 5.41) is 10.4. The first kappa shape index (κ1) is 9.52. The van der Waals surface area contributed by atoms with Gasteiger partial charge in [0.15, 0.2) is 0 Å². The maximum Gasteiger partial charge on any atom is 0.0385 e. The van der Waals surface area contributed by atoms with E-state index in [0.717, 1.165) is 24.2 Å². The number of hydrogen-bond donors (Lipinski definition) is 2. The lowest BCUT2D eigenvalue weighted by atomic mass is 10.0. The fourth-order valence-electron chi connectivity index (χ4n) is 1.20. The van der Waals surface area contributed by atoms with Gasteiger partial charge in [0.1, 0.15) is 0 Å². The summed E-state index contributed by atoms with van der Waals surface area (Å²) < 4.78 is 0. The summed E-state index contributed by atoms with van der Waals surface area (Å²) in [4.78, 5) is 0.386. The summed E-state index contributed by atoms with van der Waals surface area (Å²) >= 11 is 3.50. The van der Waals surface area contributed by atoms with E-state index in [4.69, 9.17) is 5.41 Å². The van der Waals surface area contributed by atoms with Crippen molar-refractivity contribution in [2.75, 3.05) is 6.54 Å². The lowest BCUT2D eigenvalue weighted by Crippen LogP contribution is -2.17. The van der Waals surface area contributed by atoms with Crippen LogP contribution >= 0.6 is 15.9 Å². The van der Waals surface area contributed by atoms with E-state index in [1.165, 1.54) is 6.21 Å². The van der Waals surface area contributed by atoms with E-state index in [-0.39, 0.29) is 0 Å². The average molecular weight is 229 g/mol. The fourth-order valence-corrected chi connectivity index (χ4v) is 1.70. The largest absolute Gasteiger partial charge is 0.385 e. The molecule has 0 heterocycles. The molecule has 0 amide bonds. The van der Waals surface area contributed by atoms with Gasteiger partial charge in [-0.2, -0.15) is 0 Å². The second-order valence-electron chi connectivity index (χ2n) is 2.69. The summed E-state index contributed by atoms with van der Waals surface area (Å²) in [6.07, 6.45) is 6.47. The molecule has 0 fully saturated rings. The van der Waals surface area contributed by atoms with Crippen LogP contribution in [0.15, 0.2) is 23.4 Å². The smallest absolute Gasteiger partial charge is 0.0385 e. The molecule has 0 spiro atoms. The first-order chi connectivity index (χ1) is 5.77. The van der Waals surface area contributed by atoms with Crippen molar-refractivity contribution in [3.8, 4) is 0 Å². The van der Waals surface area contributed by atoms with Crippen molar-refractivity contribution < 1.29 is 0 Å². The van der Waals surface area contributed by atoms with Gasteiger partial charge in [-0.15, -0.1) is 0 Å². The van der Waals surface area contributed by atoms with E-state index in [9.17, 15) is 0 Å². The van der Waals surface area contributed by atoms with Gasteiger partial charge >= 0.3 is 0 Å². The standard InChI is InChI=1S/C9H13BrN2/c1-2-12-9-4-3-8(10)5-7(9)6-11/h3-4,6,8,11-12H,2,5H2,1H3. The predicted molar refractivity (Wildman–Crippen MR) is 56.0 cm³/mol. The highest BCUT2D eigenvalue weighted by molar-refractivity contribution is 9.09. The summed E-state index contributed by atoms with van der Waals surface area (Å²) in [5.74, 6) is 0. The molecular formula is C9H13BrN2. The molecule has 0 saturated carbocycles. The zero-order chi connectivity index (χ0) is 8.97. The molecule has 0 saturated heterocycles. The Morgan fingerprint density at radius 1 is 1.83 bits per heavy atom. The topological polar surface area (TPSA) is 35.9 Å². The minimum Gasteiger partial charge on any atom is -0.385 e. The Balaban J connectivity index is 2.77. The minimum absolute atomic E-state index is 0.386. The first-order valence-corrected chi connectivity index (χ1v) is 4.99. The fraction of sp³-hybridized carbons (Fsp3) is 0.444. The van der Waals surface area contributed by atoms with Gasteiger partial charge in [-0.3, -0.25) is 0 Å². The molecule has 3 heteroatoms. The summed E-state index contributed by atoms with van der Waals surface area (Å²) in [5.41, 5.74) is 2.16. The van der Waals surface area contributed by atoms with Crippen molar-refractivity contribution in [2.24, 2.45) is 0 Å². The van der Waals surface area contributed by atoms with E-state index in [1.807, 2.05) is 6.08 Å². The molecule has 66 valence electrons. The normalized spacial score (nSPS) is 22.7. The Bertz CT molecular complexity index is 231. The van der Waals surface area contributed by atoms with Crippen LogP contribution in [0.1, 0.15) is 13.3 Å². The number of halogens is 1. The van der Waals surface area contributed by atoms with Gasteiger partial charge in [-0.1, -0.05) is 22.0 Å². The molecule has 0 bridgehead atoms. The number of alkyl halides is 1. The van der Waals surface area contributed by atoms with Crippen molar-refractivity contribution >= 4 is 22.1 Å². The van der Waals surface area contributed by atoms with Crippen LogP contribution in [0, 0.1) is 5.41 Å². The van der Waals surface area contributed by atoms with Crippen LogP contribution in [0.4, 0.5) is 0 Å². The van der Waals surface area contributed by atoms with Gasteiger partial charge in [-0.25, -0.2) is 0 Å². The van der Waals surface area contributed by atoms with Crippen LogP contribution in [-0.4, -0.2) is 17.6 Å². The van der Waals surface area contributed by atoms with Crippen LogP contribution in [0.3, 0.4) is 0 Å². The molecule has 0 aromatic rings. The third kappa shape index (κ3) is 2.21. The van der Waals surface area contributed by atoms with Gasteiger partial charge < -0.3 is 10.7 Å². The van der Waals surface area contributed by atoms with E-state index in [2.05, 4.69) is 34.2 Å². The average Bonchev–Trinajstić information content (AvgIpc) is 2.08. The highest BCUT2D eigenvalue weighted by Gasteiger charge is 2.11. The van der Waals surface area contributed by atoms with Crippen molar-refractivity contribution in [2.45, 2.75) is 18.2 Å². The molecule has 1 aliphatic rings. The van der Waals surface area contributed by atoms with Gasteiger partial charge in [0, 0.05) is 23.3 Å². The molecule has 0 aromatic carbocycles. The maximum absolute atomic E-state index is 7.22. The van der Waals surface area contributed by atoms with Crippen LogP contribution in [0.25, 0.3) is 0 Å². The zero-order valence-electron chi connectivity index (χ0n) is 7.10. The van der Waals surface area contributed by atoms with Gasteiger partial charge in [0.2, 0.25) is 0 Å². The van der Waals surface area contributed by atoms with Crippen LogP contribution < -0.4 is 5.32 Å². The Hall–Kier alpha value is -0.570. The predicted octanol–water partition coefficient (Wildman–Crippen LogP) is 2.22. The number of likely N-dealkylation sites (N-methyl/N-ethyl adjacent to an activating group) is 1. The van der Waals surface area contributed by atoms with E-state index in [0.29, 0.717) is 4.83 Å². The molecule has 2 nitrogen and oxygen atoms in total. The Morgan fingerprint density at radius 3 is 3.17 bits per heavy atom. The number of rotatable bonds is 3. The third-order valence-electron chi connectivity index (χ3n) is 1.77. The number of hydrogen-bond acceptors (Lipinski definition) is 2. The summed E-state index contributed by atoms with van der Waals surface area (Å²) in [7, 11) is 0. The molecule has 0 radical (unpaired) electrons. The first-order valence-electron chi connectivity index (χ1n) is 4.07. The summed E-state index contributed by atoms with van der Waals surface area (Å²) in [6, 6.07) is 0. The van der Waals surface area contributed by atoms with Crippen molar-refractivity contribution in [3.05, 3.63) is 23.4 Å². The highest BCUT2D eigenvalue weighted by Crippen LogP contribution is 2.20. The molecule has 0 aliphatic heterocycles. The van der Waals surface area contributed by atoms with Crippen molar-refractivity contribution in [1.82, 2.24) is 5.32 Å². The molecule has 12 heavy (non-hydrogen) atoms. The minimum atomic E-state index is 0.386. The lowest BCUT2D eigenvalue weighted by molar-refractivity contribution is 0.845. The second-order valence-corrected chi connectivity index (χ2v) is 3.87. The van der Waals surface area contributed by atoms with Crippen LogP contribution in [0.5, 0.6) is 0 Å². The van der Waals surface area contributed by atoms with Crippen LogP contribution in [-0.2, 0) is 0 Å². The van der Waals surface area contributed by atoms with Gasteiger partial charge in [0.25, 0.3) is 0 Å². The van der Waals surface area contributed by atoms with Gasteiger partial charge in [-0.05, 0) is 25.0 Å². The molecular weight excluding hydrogens is 216 g/mol. The Labute approximate surface area is 81.4 Å². The monoisotopic (exact) mass is 228 g/mol. The quantitative estimate of drug-likeness (QED) is 0.565. The van der Waals surface area contributed by atoms with E-state index >= 15 is 0 Å².